The van der Waals surface area contributed by atoms with Gasteiger partial charge in [0.15, 0.2) is 0 Å². The molecule has 1 aromatic heterocycles. The Morgan fingerprint density at radius 1 is 1.32 bits per heavy atom. The van der Waals surface area contributed by atoms with Gasteiger partial charge in [0.05, 0.1) is 29.7 Å². The minimum atomic E-state index is -0.0183. The van der Waals surface area contributed by atoms with E-state index in [1.54, 1.807) is 23.1 Å². The van der Waals surface area contributed by atoms with Crippen molar-refractivity contribution >= 4 is 17.5 Å². The molecule has 1 saturated heterocycles. The molecule has 5 nitrogen and oxygen atoms in total. The van der Waals surface area contributed by atoms with Crippen molar-refractivity contribution in [3.05, 3.63) is 47.2 Å². The Kier molecular flexibility index (Phi) is 4.18. The summed E-state index contributed by atoms with van der Waals surface area (Å²) < 4.78 is 7.32. The van der Waals surface area contributed by atoms with Crippen LogP contribution < -0.4 is 0 Å². The molecule has 116 valence electrons. The first kappa shape index (κ1) is 15.1. The number of aromatic nitrogens is 2. The van der Waals surface area contributed by atoms with Crippen LogP contribution in [0.4, 0.5) is 0 Å². The second-order valence-corrected chi connectivity index (χ2v) is 6.06. The SMILES string of the molecule is C[C@@H]1CN(C(=O)c2cnn(-c3cccc(Cl)c3)c2)C[C@@H](C)O1. The molecule has 1 aliphatic heterocycles. The van der Waals surface area contributed by atoms with Crippen LogP contribution in [-0.2, 0) is 4.74 Å². The molecule has 2 aromatic rings. The second kappa shape index (κ2) is 6.10. The summed E-state index contributed by atoms with van der Waals surface area (Å²) in [5.41, 5.74) is 1.40. The first-order valence-corrected chi connectivity index (χ1v) is 7.66. The van der Waals surface area contributed by atoms with Gasteiger partial charge in [0.2, 0.25) is 0 Å². The fourth-order valence-electron chi connectivity index (χ4n) is 2.72. The maximum Gasteiger partial charge on any atom is 0.257 e. The van der Waals surface area contributed by atoms with E-state index in [-0.39, 0.29) is 18.1 Å². The average molecular weight is 320 g/mol. The molecule has 0 bridgehead atoms. The highest BCUT2D eigenvalue weighted by Crippen LogP contribution is 2.17. The summed E-state index contributed by atoms with van der Waals surface area (Å²) in [6.45, 7) is 5.16. The summed E-state index contributed by atoms with van der Waals surface area (Å²) in [5, 5.41) is 4.90. The van der Waals surface area contributed by atoms with Crippen LogP contribution in [0.1, 0.15) is 24.2 Å². The Labute approximate surface area is 134 Å². The Balaban J connectivity index is 1.80. The maximum atomic E-state index is 12.6. The molecule has 22 heavy (non-hydrogen) atoms. The molecule has 0 saturated carbocycles. The predicted molar refractivity (Wildman–Crippen MR) is 84.5 cm³/mol. The monoisotopic (exact) mass is 319 g/mol. The van der Waals surface area contributed by atoms with Crippen molar-refractivity contribution in [2.24, 2.45) is 0 Å². The van der Waals surface area contributed by atoms with E-state index in [1.165, 1.54) is 0 Å². The van der Waals surface area contributed by atoms with Gasteiger partial charge in [0, 0.05) is 24.3 Å². The van der Waals surface area contributed by atoms with E-state index < -0.39 is 0 Å². The second-order valence-electron chi connectivity index (χ2n) is 5.62. The molecule has 0 spiro atoms. The lowest BCUT2D eigenvalue weighted by Gasteiger charge is -2.35. The third-order valence-electron chi connectivity index (χ3n) is 3.61. The van der Waals surface area contributed by atoms with Gasteiger partial charge in [-0.15, -0.1) is 0 Å². The van der Waals surface area contributed by atoms with Gasteiger partial charge < -0.3 is 9.64 Å². The number of hydrogen-bond donors (Lipinski definition) is 0. The molecule has 6 heteroatoms. The number of rotatable bonds is 2. The van der Waals surface area contributed by atoms with E-state index in [0.717, 1.165) is 5.69 Å². The Bertz CT molecular complexity index is 676. The number of halogens is 1. The summed E-state index contributed by atoms with van der Waals surface area (Å²) in [6.07, 6.45) is 3.43. The van der Waals surface area contributed by atoms with Crippen molar-refractivity contribution in [3.8, 4) is 5.69 Å². The van der Waals surface area contributed by atoms with Crippen LogP contribution in [0, 0.1) is 0 Å². The predicted octanol–water partition coefficient (Wildman–Crippen LogP) is 2.78. The zero-order valence-corrected chi connectivity index (χ0v) is 13.3. The highest BCUT2D eigenvalue weighted by atomic mass is 35.5. The van der Waals surface area contributed by atoms with Crippen LogP contribution in [0.2, 0.25) is 5.02 Å². The van der Waals surface area contributed by atoms with E-state index in [0.29, 0.717) is 23.7 Å². The normalized spacial score (nSPS) is 21.9. The molecule has 2 atom stereocenters. The number of benzene rings is 1. The number of morpholine rings is 1. The lowest BCUT2D eigenvalue weighted by molar-refractivity contribution is -0.0586. The quantitative estimate of drug-likeness (QED) is 0.855. The van der Waals surface area contributed by atoms with Crippen molar-refractivity contribution in [1.82, 2.24) is 14.7 Å². The van der Waals surface area contributed by atoms with Crippen molar-refractivity contribution in [2.45, 2.75) is 26.1 Å². The minimum absolute atomic E-state index is 0.0183. The van der Waals surface area contributed by atoms with Crippen molar-refractivity contribution in [2.75, 3.05) is 13.1 Å². The van der Waals surface area contributed by atoms with Crippen molar-refractivity contribution < 1.29 is 9.53 Å². The van der Waals surface area contributed by atoms with Crippen LogP contribution in [0.3, 0.4) is 0 Å². The van der Waals surface area contributed by atoms with E-state index in [9.17, 15) is 4.79 Å². The lowest BCUT2D eigenvalue weighted by Crippen LogP contribution is -2.48. The third kappa shape index (κ3) is 3.15. The number of hydrogen-bond acceptors (Lipinski definition) is 3. The van der Waals surface area contributed by atoms with E-state index in [2.05, 4.69) is 5.10 Å². The van der Waals surface area contributed by atoms with Crippen LogP contribution in [0.15, 0.2) is 36.7 Å². The Morgan fingerprint density at radius 3 is 2.73 bits per heavy atom. The average Bonchev–Trinajstić information content (AvgIpc) is 2.95. The number of nitrogens with zero attached hydrogens (tertiary/aromatic N) is 3. The third-order valence-corrected chi connectivity index (χ3v) is 3.84. The topological polar surface area (TPSA) is 47.4 Å². The van der Waals surface area contributed by atoms with Gasteiger partial charge in [-0.2, -0.15) is 5.10 Å². The van der Waals surface area contributed by atoms with Crippen LogP contribution in [0.25, 0.3) is 5.69 Å². The van der Waals surface area contributed by atoms with Gasteiger partial charge in [-0.1, -0.05) is 17.7 Å². The molecule has 0 N–H and O–H groups in total. The fourth-order valence-corrected chi connectivity index (χ4v) is 2.90. The number of carbonyl (C=O) groups is 1. The highest BCUT2D eigenvalue weighted by Gasteiger charge is 2.27. The summed E-state index contributed by atoms with van der Waals surface area (Å²) in [4.78, 5) is 14.4. The zero-order valence-electron chi connectivity index (χ0n) is 12.6. The summed E-state index contributed by atoms with van der Waals surface area (Å²) in [6, 6.07) is 7.36. The number of ether oxygens (including phenoxy) is 1. The van der Waals surface area contributed by atoms with E-state index in [4.69, 9.17) is 16.3 Å². The van der Waals surface area contributed by atoms with Gasteiger partial charge in [0.25, 0.3) is 5.91 Å². The van der Waals surface area contributed by atoms with E-state index in [1.807, 2.05) is 36.9 Å². The van der Waals surface area contributed by atoms with Gasteiger partial charge in [-0.3, -0.25) is 4.79 Å². The molecule has 1 fully saturated rings. The largest absolute Gasteiger partial charge is 0.372 e. The molecule has 0 unspecified atom stereocenters. The molecule has 1 aliphatic rings. The Morgan fingerprint density at radius 2 is 2.05 bits per heavy atom. The molecule has 0 radical (unpaired) electrons. The lowest BCUT2D eigenvalue weighted by atomic mass is 10.2. The minimum Gasteiger partial charge on any atom is -0.372 e. The number of amides is 1. The van der Waals surface area contributed by atoms with Gasteiger partial charge in [-0.25, -0.2) is 4.68 Å². The summed E-state index contributed by atoms with van der Waals surface area (Å²) >= 11 is 5.99. The molecule has 2 heterocycles. The fraction of sp³-hybridized carbons (Fsp3) is 0.375. The molecule has 1 amide bonds. The van der Waals surface area contributed by atoms with Crippen LogP contribution in [-0.4, -0.2) is 45.9 Å². The van der Waals surface area contributed by atoms with Crippen molar-refractivity contribution in [1.29, 1.82) is 0 Å². The smallest absolute Gasteiger partial charge is 0.257 e. The standard InChI is InChI=1S/C16H18ClN3O2/c1-11-8-19(9-12(2)22-11)16(21)13-7-18-20(10-13)15-5-3-4-14(17)6-15/h3-7,10-12H,8-9H2,1-2H3/t11-,12-/m1/s1. The van der Waals surface area contributed by atoms with Crippen LogP contribution in [0.5, 0.6) is 0 Å². The molecule has 0 aliphatic carbocycles. The van der Waals surface area contributed by atoms with Gasteiger partial charge >= 0.3 is 0 Å². The molecule has 1 aromatic carbocycles. The molecular weight excluding hydrogens is 302 g/mol. The maximum absolute atomic E-state index is 12.6. The molecular formula is C16H18ClN3O2. The van der Waals surface area contributed by atoms with Gasteiger partial charge in [-0.05, 0) is 32.0 Å². The first-order chi connectivity index (χ1) is 10.5. The zero-order chi connectivity index (χ0) is 15.7. The van der Waals surface area contributed by atoms with Gasteiger partial charge in [0.1, 0.15) is 0 Å². The Hall–Kier alpha value is -1.85. The summed E-state index contributed by atoms with van der Waals surface area (Å²) in [5.74, 6) is -0.0183. The van der Waals surface area contributed by atoms with Crippen molar-refractivity contribution in [3.63, 3.8) is 0 Å². The summed E-state index contributed by atoms with van der Waals surface area (Å²) in [7, 11) is 0. The first-order valence-electron chi connectivity index (χ1n) is 7.28. The number of carbonyl (C=O) groups excluding carboxylic acids is 1. The van der Waals surface area contributed by atoms with E-state index >= 15 is 0 Å². The molecule has 3 rings (SSSR count). The highest BCUT2D eigenvalue weighted by molar-refractivity contribution is 6.30. The van der Waals surface area contributed by atoms with Crippen LogP contribution >= 0.6 is 11.6 Å².